The summed E-state index contributed by atoms with van der Waals surface area (Å²) in [6, 6.07) is 16.3. The summed E-state index contributed by atoms with van der Waals surface area (Å²) in [6.45, 7) is 6.38. The van der Waals surface area contributed by atoms with Crippen LogP contribution in [0.25, 0.3) is 22.3 Å². The SMILES string of the molecule is CC(=O)N1CCN(c2nc3c(c(-c4ccccc4C)c2-c2ccccc2C)C(=O)N(Cc2cc(C(F)(F)F)cc(C(F)(F)F)c2)CCO3)CC1. The molecular weight excluding hydrogens is 662 g/mol. The van der Waals surface area contributed by atoms with Crippen molar-refractivity contribution in [3.63, 3.8) is 0 Å². The lowest BCUT2D eigenvalue weighted by molar-refractivity contribution is -0.143. The van der Waals surface area contributed by atoms with E-state index in [0.717, 1.165) is 16.7 Å². The van der Waals surface area contributed by atoms with Crippen molar-refractivity contribution in [3.05, 3.63) is 100 Å². The molecule has 2 amide bonds. The Morgan fingerprint density at radius 2 is 1.30 bits per heavy atom. The van der Waals surface area contributed by atoms with E-state index in [9.17, 15) is 35.9 Å². The first-order chi connectivity index (χ1) is 23.6. The Morgan fingerprint density at radius 3 is 1.82 bits per heavy atom. The topological polar surface area (TPSA) is 66.0 Å². The number of pyridine rings is 1. The van der Waals surface area contributed by atoms with Gasteiger partial charge < -0.3 is 19.4 Å². The second kappa shape index (κ2) is 13.3. The first-order valence-corrected chi connectivity index (χ1v) is 16.0. The number of aromatic nitrogens is 1. The molecule has 4 aromatic rings. The molecule has 2 aliphatic heterocycles. The fraction of sp³-hybridized carbons (Fsp3) is 0.324. The highest BCUT2D eigenvalue weighted by Crippen LogP contribution is 2.47. The third-order valence-corrected chi connectivity index (χ3v) is 9.12. The monoisotopic (exact) mass is 696 g/mol. The van der Waals surface area contributed by atoms with Gasteiger partial charge in [-0.2, -0.15) is 31.3 Å². The van der Waals surface area contributed by atoms with Gasteiger partial charge in [-0.15, -0.1) is 0 Å². The number of halogens is 6. The molecule has 50 heavy (non-hydrogen) atoms. The highest BCUT2D eigenvalue weighted by atomic mass is 19.4. The van der Waals surface area contributed by atoms with Gasteiger partial charge in [0.15, 0.2) is 0 Å². The number of alkyl halides is 6. The molecule has 0 radical (unpaired) electrons. The van der Waals surface area contributed by atoms with Gasteiger partial charge >= 0.3 is 12.4 Å². The van der Waals surface area contributed by atoms with Crippen LogP contribution >= 0.6 is 0 Å². The number of carbonyl (C=O) groups excluding carboxylic acids is 2. The summed E-state index contributed by atoms with van der Waals surface area (Å²) in [5.74, 6) is -0.140. The fourth-order valence-electron chi connectivity index (χ4n) is 6.54. The number of ether oxygens (including phenoxy) is 1. The molecule has 0 saturated carbocycles. The molecule has 3 heterocycles. The zero-order valence-electron chi connectivity index (χ0n) is 27.6. The number of hydrogen-bond acceptors (Lipinski definition) is 5. The summed E-state index contributed by atoms with van der Waals surface area (Å²) >= 11 is 0. The van der Waals surface area contributed by atoms with Gasteiger partial charge in [0.25, 0.3) is 5.91 Å². The number of aryl methyl sites for hydroxylation is 2. The molecule has 0 bridgehead atoms. The number of rotatable bonds is 5. The van der Waals surface area contributed by atoms with Gasteiger partial charge in [0.05, 0.1) is 17.7 Å². The molecule has 1 fully saturated rings. The van der Waals surface area contributed by atoms with E-state index in [-0.39, 0.29) is 42.1 Å². The van der Waals surface area contributed by atoms with Crippen LogP contribution in [0.2, 0.25) is 0 Å². The van der Waals surface area contributed by atoms with Gasteiger partial charge in [0.2, 0.25) is 11.8 Å². The van der Waals surface area contributed by atoms with Gasteiger partial charge in [0, 0.05) is 50.8 Å². The summed E-state index contributed by atoms with van der Waals surface area (Å²) in [7, 11) is 0. The molecule has 2 aliphatic rings. The van der Waals surface area contributed by atoms with Crippen molar-refractivity contribution in [2.75, 3.05) is 44.2 Å². The third kappa shape index (κ3) is 6.86. The molecule has 3 aromatic carbocycles. The second-order valence-electron chi connectivity index (χ2n) is 12.5. The van der Waals surface area contributed by atoms with E-state index in [2.05, 4.69) is 0 Å². The number of piperazine rings is 1. The van der Waals surface area contributed by atoms with Gasteiger partial charge in [-0.1, -0.05) is 48.5 Å². The van der Waals surface area contributed by atoms with Crippen LogP contribution in [-0.2, 0) is 23.7 Å². The average molecular weight is 697 g/mol. The average Bonchev–Trinajstić information content (AvgIpc) is 3.21. The van der Waals surface area contributed by atoms with E-state index >= 15 is 0 Å². The lowest BCUT2D eigenvalue weighted by atomic mass is 9.87. The van der Waals surface area contributed by atoms with Crippen LogP contribution in [0.3, 0.4) is 0 Å². The molecule has 0 unspecified atom stereocenters. The van der Waals surface area contributed by atoms with Crippen molar-refractivity contribution < 1.29 is 40.7 Å². The molecule has 6 rings (SSSR count). The minimum atomic E-state index is -5.04. The van der Waals surface area contributed by atoms with Crippen molar-refractivity contribution in [1.82, 2.24) is 14.8 Å². The van der Waals surface area contributed by atoms with E-state index in [4.69, 9.17) is 9.72 Å². The number of hydrogen-bond donors (Lipinski definition) is 0. The van der Waals surface area contributed by atoms with Gasteiger partial charge in [-0.3, -0.25) is 9.59 Å². The van der Waals surface area contributed by atoms with E-state index in [0.29, 0.717) is 60.8 Å². The van der Waals surface area contributed by atoms with Crippen molar-refractivity contribution >= 4 is 17.6 Å². The minimum absolute atomic E-state index is 0.0112. The molecule has 1 aromatic heterocycles. The standard InChI is InChI=1S/C37H34F6N4O3/c1-22-8-4-6-10-28(22)30-31(29-11-7-5-9-23(29)2)33(46-14-12-45(13-15-46)24(3)48)44-34-32(30)35(49)47(16-17-50-34)21-25-18-26(36(38,39)40)20-27(19-25)37(41,42)43/h4-11,18-20H,12-17,21H2,1-3H3. The summed E-state index contributed by atoms with van der Waals surface area (Å²) in [4.78, 5) is 36.8. The van der Waals surface area contributed by atoms with E-state index in [1.807, 2.05) is 67.3 Å². The first-order valence-electron chi connectivity index (χ1n) is 16.0. The molecule has 1 saturated heterocycles. The maximum absolute atomic E-state index is 14.7. The first kappa shape index (κ1) is 34.8. The second-order valence-corrected chi connectivity index (χ2v) is 12.5. The number of fused-ring (bicyclic) bond motifs is 1. The highest BCUT2D eigenvalue weighted by molar-refractivity contribution is 6.09. The molecular formula is C37H34F6N4O3. The van der Waals surface area contributed by atoms with Gasteiger partial charge in [-0.25, -0.2) is 0 Å². The number of carbonyl (C=O) groups is 2. The van der Waals surface area contributed by atoms with Crippen molar-refractivity contribution in [2.45, 2.75) is 39.7 Å². The quantitative estimate of drug-likeness (QED) is 0.200. The molecule has 0 spiro atoms. The predicted octanol–water partition coefficient (Wildman–Crippen LogP) is 7.77. The van der Waals surface area contributed by atoms with Crippen LogP contribution in [0.15, 0.2) is 66.7 Å². The molecule has 0 atom stereocenters. The Balaban J connectivity index is 1.56. The highest BCUT2D eigenvalue weighted by Gasteiger charge is 2.39. The number of nitrogens with zero attached hydrogens (tertiary/aromatic N) is 4. The molecule has 7 nitrogen and oxygen atoms in total. The van der Waals surface area contributed by atoms with E-state index in [1.54, 1.807) is 4.90 Å². The van der Waals surface area contributed by atoms with Crippen LogP contribution in [-0.4, -0.2) is 65.9 Å². The molecule has 0 N–H and O–H groups in total. The van der Waals surface area contributed by atoms with Crippen LogP contribution in [0.1, 0.15) is 45.1 Å². The summed E-state index contributed by atoms with van der Waals surface area (Å²) in [5, 5.41) is 0. The van der Waals surface area contributed by atoms with Crippen LogP contribution < -0.4 is 9.64 Å². The molecule has 0 aliphatic carbocycles. The summed E-state index contributed by atoms with van der Waals surface area (Å²) < 4.78 is 88.5. The Labute approximate surface area is 285 Å². The molecule has 13 heteroatoms. The minimum Gasteiger partial charge on any atom is -0.475 e. The number of benzene rings is 3. The lowest BCUT2D eigenvalue weighted by Gasteiger charge is -2.37. The normalized spacial score (nSPS) is 15.5. The lowest BCUT2D eigenvalue weighted by Crippen LogP contribution is -2.48. The Bertz CT molecular complexity index is 1920. The largest absolute Gasteiger partial charge is 0.475 e. The van der Waals surface area contributed by atoms with Gasteiger partial charge in [-0.05, 0) is 59.9 Å². The van der Waals surface area contributed by atoms with Crippen LogP contribution in [0.5, 0.6) is 5.88 Å². The Kier molecular flexibility index (Phi) is 9.27. The Morgan fingerprint density at radius 1 is 0.760 bits per heavy atom. The maximum Gasteiger partial charge on any atom is 0.416 e. The summed E-state index contributed by atoms with van der Waals surface area (Å²) in [6.07, 6.45) is -10.1. The van der Waals surface area contributed by atoms with E-state index in [1.165, 1.54) is 11.8 Å². The zero-order chi connectivity index (χ0) is 36.0. The molecule has 262 valence electrons. The smallest absolute Gasteiger partial charge is 0.416 e. The van der Waals surface area contributed by atoms with Gasteiger partial charge in [0.1, 0.15) is 18.0 Å². The van der Waals surface area contributed by atoms with Crippen molar-refractivity contribution in [3.8, 4) is 28.1 Å². The summed E-state index contributed by atoms with van der Waals surface area (Å²) in [5.41, 5.74) is 1.10. The zero-order valence-corrected chi connectivity index (χ0v) is 27.6. The van der Waals surface area contributed by atoms with Crippen molar-refractivity contribution in [2.24, 2.45) is 0 Å². The fourth-order valence-corrected chi connectivity index (χ4v) is 6.54. The van der Waals surface area contributed by atoms with Crippen molar-refractivity contribution in [1.29, 1.82) is 0 Å². The predicted molar refractivity (Wildman–Crippen MR) is 176 cm³/mol. The number of anilines is 1. The van der Waals surface area contributed by atoms with Crippen LogP contribution in [0.4, 0.5) is 32.2 Å². The maximum atomic E-state index is 14.7. The number of amides is 2. The van der Waals surface area contributed by atoms with Crippen LogP contribution in [0, 0.1) is 13.8 Å². The van der Waals surface area contributed by atoms with E-state index < -0.39 is 35.9 Å². The Hall–Kier alpha value is -5.07. The third-order valence-electron chi connectivity index (χ3n) is 9.12.